The fraction of sp³-hybridized carbons (Fsp3) is 0.357. The molecule has 0 bridgehead atoms. The van der Waals surface area contributed by atoms with Crippen LogP contribution < -0.4 is 5.32 Å². The Balaban J connectivity index is 2.27. The van der Waals surface area contributed by atoms with Crippen LogP contribution in [0.5, 0.6) is 11.5 Å². The van der Waals surface area contributed by atoms with E-state index in [0.717, 1.165) is 13.0 Å². The van der Waals surface area contributed by atoms with Crippen LogP contribution in [0, 0.1) is 0 Å². The molecular weight excluding hydrogens is 329 g/mol. The summed E-state index contributed by atoms with van der Waals surface area (Å²) in [7, 11) is 0. The maximum atomic E-state index is 12.5. The molecule has 10 heteroatoms. The van der Waals surface area contributed by atoms with E-state index in [-0.39, 0.29) is 22.9 Å². The Morgan fingerprint density at radius 1 is 1.33 bits per heavy atom. The molecule has 2 rings (SSSR count). The molecule has 4 N–H and O–H groups in total. The molecule has 0 radical (unpaired) electrons. The van der Waals surface area contributed by atoms with Crippen molar-refractivity contribution in [1.29, 1.82) is 0 Å². The van der Waals surface area contributed by atoms with Crippen LogP contribution in [0.2, 0.25) is 0 Å². The first-order valence-corrected chi connectivity index (χ1v) is 6.98. The van der Waals surface area contributed by atoms with Crippen molar-refractivity contribution in [3.05, 3.63) is 23.5 Å². The molecule has 0 saturated heterocycles. The summed E-state index contributed by atoms with van der Waals surface area (Å²) in [4.78, 5) is 15.6. The minimum absolute atomic E-state index is 0.0768. The van der Waals surface area contributed by atoms with Crippen LogP contribution in [0.15, 0.2) is 12.1 Å². The standard InChI is InChI=1S/C14H15F3N4O3/c1-3-7-4-8(10(23)5-9(7)22)11-19-12(21-20-11)13(24)18-6(2)14(15,16)17/h4-6,22-23H,3H2,1-2H3,(H,18,24)(H,19,20,21). The molecule has 0 aliphatic carbocycles. The molecule has 0 fully saturated rings. The fourth-order valence-corrected chi connectivity index (χ4v) is 1.91. The SMILES string of the molecule is CCc1cc(-c2n[nH]c(C(=O)NC(C)C(F)(F)F)n2)c(O)cc1O. The van der Waals surface area contributed by atoms with Gasteiger partial charge in [-0.2, -0.15) is 18.3 Å². The average Bonchev–Trinajstić information content (AvgIpc) is 2.96. The second-order valence-electron chi connectivity index (χ2n) is 5.10. The van der Waals surface area contributed by atoms with Gasteiger partial charge in [0.1, 0.15) is 17.5 Å². The largest absolute Gasteiger partial charge is 0.508 e. The molecule has 7 nitrogen and oxygen atoms in total. The highest BCUT2D eigenvalue weighted by Gasteiger charge is 2.37. The topological polar surface area (TPSA) is 111 Å². The molecule has 1 aromatic heterocycles. The van der Waals surface area contributed by atoms with Crippen molar-refractivity contribution in [3.8, 4) is 22.9 Å². The zero-order valence-corrected chi connectivity index (χ0v) is 12.8. The summed E-state index contributed by atoms with van der Waals surface area (Å²) in [6.45, 7) is 2.58. The minimum Gasteiger partial charge on any atom is -0.508 e. The number of nitrogens with one attached hydrogen (secondary N) is 2. The highest BCUT2D eigenvalue weighted by Crippen LogP contribution is 2.33. The van der Waals surface area contributed by atoms with E-state index in [1.807, 2.05) is 0 Å². The molecule has 2 aromatic rings. The predicted octanol–water partition coefficient (Wildman–Crippen LogP) is 2.13. The van der Waals surface area contributed by atoms with E-state index in [1.165, 1.54) is 6.07 Å². The van der Waals surface area contributed by atoms with Crippen LogP contribution >= 0.6 is 0 Å². The molecule has 24 heavy (non-hydrogen) atoms. The van der Waals surface area contributed by atoms with Crippen molar-refractivity contribution in [2.24, 2.45) is 0 Å². The minimum atomic E-state index is -4.58. The number of phenolic OH excluding ortho intramolecular Hbond substituents is 2. The highest BCUT2D eigenvalue weighted by atomic mass is 19.4. The number of halogens is 3. The Hall–Kier alpha value is -2.78. The van der Waals surface area contributed by atoms with E-state index in [9.17, 15) is 28.2 Å². The summed E-state index contributed by atoms with van der Waals surface area (Å²) >= 11 is 0. The maximum Gasteiger partial charge on any atom is 0.408 e. The van der Waals surface area contributed by atoms with Crippen molar-refractivity contribution in [2.75, 3.05) is 0 Å². The second-order valence-corrected chi connectivity index (χ2v) is 5.10. The van der Waals surface area contributed by atoms with Crippen molar-refractivity contribution in [2.45, 2.75) is 32.5 Å². The van der Waals surface area contributed by atoms with E-state index >= 15 is 0 Å². The van der Waals surface area contributed by atoms with Gasteiger partial charge in [-0.3, -0.25) is 9.89 Å². The Morgan fingerprint density at radius 2 is 2.00 bits per heavy atom. The number of aromatic nitrogens is 3. The zero-order chi connectivity index (χ0) is 18.1. The number of aryl methyl sites for hydroxylation is 1. The van der Waals surface area contributed by atoms with Gasteiger partial charge in [-0.05, 0) is 25.0 Å². The molecule has 0 aliphatic heterocycles. The van der Waals surface area contributed by atoms with E-state index in [4.69, 9.17) is 0 Å². The number of amides is 1. The molecule has 1 atom stereocenters. The van der Waals surface area contributed by atoms with Gasteiger partial charge in [0.2, 0.25) is 5.82 Å². The molecule has 1 aromatic carbocycles. The normalized spacial score (nSPS) is 12.9. The molecule has 0 aliphatic rings. The zero-order valence-electron chi connectivity index (χ0n) is 12.8. The Morgan fingerprint density at radius 3 is 2.58 bits per heavy atom. The van der Waals surface area contributed by atoms with Gasteiger partial charge in [-0.25, -0.2) is 4.98 Å². The maximum absolute atomic E-state index is 12.5. The third-order valence-electron chi connectivity index (χ3n) is 3.36. The molecule has 1 unspecified atom stereocenters. The Kier molecular flexibility index (Phi) is 4.67. The third-order valence-corrected chi connectivity index (χ3v) is 3.36. The first kappa shape index (κ1) is 17.6. The van der Waals surface area contributed by atoms with Crippen molar-refractivity contribution in [3.63, 3.8) is 0 Å². The number of hydrogen-bond acceptors (Lipinski definition) is 5. The second kappa shape index (κ2) is 6.38. The summed E-state index contributed by atoms with van der Waals surface area (Å²) < 4.78 is 37.4. The quantitative estimate of drug-likeness (QED) is 0.679. The van der Waals surface area contributed by atoms with Gasteiger partial charge in [0.25, 0.3) is 5.91 Å². The number of aromatic amines is 1. The molecule has 1 amide bonds. The summed E-state index contributed by atoms with van der Waals surface area (Å²) in [5.74, 6) is -2.00. The van der Waals surface area contributed by atoms with Crippen LogP contribution in [0.25, 0.3) is 11.4 Å². The summed E-state index contributed by atoms with van der Waals surface area (Å²) in [5.41, 5.74) is 0.660. The lowest BCUT2D eigenvalue weighted by molar-refractivity contribution is -0.149. The number of carbonyl (C=O) groups is 1. The van der Waals surface area contributed by atoms with Crippen LogP contribution in [-0.2, 0) is 6.42 Å². The van der Waals surface area contributed by atoms with E-state index in [1.54, 1.807) is 12.2 Å². The van der Waals surface area contributed by atoms with Gasteiger partial charge in [-0.15, -0.1) is 0 Å². The van der Waals surface area contributed by atoms with Gasteiger partial charge in [-0.1, -0.05) is 6.92 Å². The monoisotopic (exact) mass is 344 g/mol. The fourth-order valence-electron chi connectivity index (χ4n) is 1.91. The van der Waals surface area contributed by atoms with Gasteiger partial charge in [0.05, 0.1) is 5.56 Å². The predicted molar refractivity (Wildman–Crippen MR) is 77.5 cm³/mol. The van der Waals surface area contributed by atoms with Crippen LogP contribution in [0.1, 0.15) is 30.0 Å². The van der Waals surface area contributed by atoms with Crippen molar-refractivity contribution >= 4 is 5.91 Å². The number of alkyl halides is 3. The van der Waals surface area contributed by atoms with E-state index in [2.05, 4.69) is 15.2 Å². The van der Waals surface area contributed by atoms with Crippen LogP contribution in [-0.4, -0.2) is 43.5 Å². The van der Waals surface area contributed by atoms with Gasteiger partial charge in [0, 0.05) is 6.07 Å². The lowest BCUT2D eigenvalue weighted by Crippen LogP contribution is -2.43. The molecular formula is C14H15F3N4O3. The summed E-state index contributed by atoms with van der Waals surface area (Å²) in [6.07, 6.45) is -4.11. The average molecular weight is 344 g/mol. The molecule has 0 saturated carbocycles. The van der Waals surface area contributed by atoms with Crippen LogP contribution in [0.4, 0.5) is 13.2 Å². The number of H-pyrrole nitrogens is 1. The molecule has 0 spiro atoms. The lowest BCUT2D eigenvalue weighted by Gasteiger charge is -2.15. The molecule has 130 valence electrons. The third kappa shape index (κ3) is 3.58. The number of rotatable bonds is 4. The first-order valence-electron chi connectivity index (χ1n) is 6.98. The van der Waals surface area contributed by atoms with Gasteiger partial charge >= 0.3 is 6.18 Å². The molecule has 1 heterocycles. The smallest absolute Gasteiger partial charge is 0.408 e. The first-order chi connectivity index (χ1) is 11.1. The summed E-state index contributed by atoms with van der Waals surface area (Å²) in [5, 5.41) is 27.2. The summed E-state index contributed by atoms with van der Waals surface area (Å²) in [6, 6.07) is 0.497. The van der Waals surface area contributed by atoms with Crippen molar-refractivity contribution < 1.29 is 28.2 Å². The number of phenols is 2. The number of hydrogen-bond donors (Lipinski definition) is 4. The number of nitrogens with zero attached hydrogens (tertiary/aromatic N) is 2. The van der Waals surface area contributed by atoms with E-state index < -0.39 is 23.9 Å². The lowest BCUT2D eigenvalue weighted by atomic mass is 10.1. The van der Waals surface area contributed by atoms with Crippen LogP contribution in [0.3, 0.4) is 0 Å². The number of carbonyl (C=O) groups excluding carboxylic acids is 1. The number of benzene rings is 1. The van der Waals surface area contributed by atoms with Gasteiger partial charge in [0.15, 0.2) is 5.82 Å². The highest BCUT2D eigenvalue weighted by molar-refractivity contribution is 5.91. The van der Waals surface area contributed by atoms with Gasteiger partial charge < -0.3 is 15.5 Å². The number of aromatic hydroxyl groups is 2. The Labute approximate surface area is 134 Å². The Bertz CT molecular complexity index is 758. The van der Waals surface area contributed by atoms with E-state index in [0.29, 0.717) is 12.0 Å². The van der Waals surface area contributed by atoms with Crippen molar-refractivity contribution in [1.82, 2.24) is 20.5 Å².